The number of ether oxygens (including phenoxy) is 1. The predicted octanol–water partition coefficient (Wildman–Crippen LogP) is 1.20. The Hall–Kier alpha value is -0.570. The fourth-order valence-corrected chi connectivity index (χ4v) is 0.779. The molecule has 1 N–H and O–H groups in total. The second-order valence-corrected chi connectivity index (χ2v) is 3.45. The van der Waals surface area contributed by atoms with Crippen molar-refractivity contribution >= 4 is 5.97 Å². The average Bonchev–Trinajstić information content (AvgIpc) is 2.03. The van der Waals surface area contributed by atoms with E-state index < -0.39 is 5.41 Å². The van der Waals surface area contributed by atoms with Crippen LogP contribution in [0.25, 0.3) is 0 Å². The molecule has 0 heterocycles. The van der Waals surface area contributed by atoms with Crippen LogP contribution >= 0.6 is 0 Å². The number of carbonyl (C=O) groups excluding carboxylic acids is 1. The maximum absolute atomic E-state index is 11.4. The Labute approximate surface area is 73.7 Å². The van der Waals surface area contributed by atoms with E-state index in [1.807, 2.05) is 13.8 Å². The zero-order chi connectivity index (χ0) is 9.78. The molecule has 0 fully saturated rings. The third-order valence-corrected chi connectivity index (χ3v) is 2.34. The molecule has 0 aromatic carbocycles. The number of aliphatic hydroxyl groups is 1. The van der Waals surface area contributed by atoms with Crippen LogP contribution in [-0.4, -0.2) is 24.3 Å². The van der Waals surface area contributed by atoms with Gasteiger partial charge in [0.25, 0.3) is 0 Å². The molecule has 0 aliphatic heterocycles. The molecule has 72 valence electrons. The molecule has 0 aliphatic carbocycles. The summed E-state index contributed by atoms with van der Waals surface area (Å²) in [6, 6.07) is 0. The maximum atomic E-state index is 11.4. The van der Waals surface area contributed by atoms with Crippen LogP contribution in [0.1, 0.15) is 27.7 Å². The molecule has 0 saturated carbocycles. The topological polar surface area (TPSA) is 46.5 Å². The van der Waals surface area contributed by atoms with Crippen molar-refractivity contribution in [3.63, 3.8) is 0 Å². The number of esters is 1. The summed E-state index contributed by atoms with van der Waals surface area (Å²) in [7, 11) is 0. The largest absolute Gasteiger partial charge is 0.465 e. The molecule has 0 aromatic heterocycles. The first-order valence-corrected chi connectivity index (χ1v) is 4.27. The maximum Gasteiger partial charge on any atom is 0.314 e. The van der Waals surface area contributed by atoms with Crippen LogP contribution in [-0.2, 0) is 9.53 Å². The van der Waals surface area contributed by atoms with Gasteiger partial charge < -0.3 is 9.84 Å². The molecule has 0 unspecified atom stereocenters. The smallest absolute Gasteiger partial charge is 0.314 e. The van der Waals surface area contributed by atoms with E-state index in [1.165, 1.54) is 0 Å². The molecule has 3 nitrogen and oxygen atoms in total. The molecule has 12 heavy (non-hydrogen) atoms. The summed E-state index contributed by atoms with van der Waals surface area (Å²) >= 11 is 0. The van der Waals surface area contributed by atoms with E-state index in [2.05, 4.69) is 0 Å². The Kier molecular flexibility index (Phi) is 4.24. The first-order chi connectivity index (χ1) is 5.49. The van der Waals surface area contributed by atoms with Crippen molar-refractivity contribution in [2.75, 3.05) is 13.2 Å². The molecule has 3 heteroatoms. The van der Waals surface area contributed by atoms with Crippen molar-refractivity contribution in [1.82, 2.24) is 0 Å². The molecule has 1 atom stereocenters. The van der Waals surface area contributed by atoms with E-state index >= 15 is 0 Å². The predicted molar refractivity (Wildman–Crippen MR) is 46.7 cm³/mol. The van der Waals surface area contributed by atoms with Gasteiger partial charge in [0.15, 0.2) is 0 Å². The number of hydrogen-bond donors (Lipinski definition) is 1. The van der Waals surface area contributed by atoms with Gasteiger partial charge in [0.05, 0.1) is 18.6 Å². The number of carbonyl (C=O) groups is 1. The Morgan fingerprint density at radius 2 is 2.08 bits per heavy atom. The van der Waals surface area contributed by atoms with E-state index in [1.54, 1.807) is 13.8 Å². The van der Waals surface area contributed by atoms with Gasteiger partial charge in [0, 0.05) is 0 Å². The van der Waals surface area contributed by atoms with Crippen molar-refractivity contribution in [2.45, 2.75) is 27.7 Å². The van der Waals surface area contributed by atoms with E-state index in [0.29, 0.717) is 6.61 Å². The van der Waals surface area contributed by atoms with Gasteiger partial charge in [-0.2, -0.15) is 0 Å². The number of aliphatic hydroxyl groups excluding tert-OH is 1. The minimum absolute atomic E-state index is 0.0848. The van der Waals surface area contributed by atoms with Gasteiger partial charge in [-0.1, -0.05) is 13.8 Å². The second-order valence-electron chi connectivity index (χ2n) is 3.45. The summed E-state index contributed by atoms with van der Waals surface area (Å²) in [5.74, 6) is -0.232. The highest BCUT2D eigenvalue weighted by Crippen LogP contribution is 2.27. The van der Waals surface area contributed by atoms with Crippen molar-refractivity contribution in [2.24, 2.45) is 11.3 Å². The summed E-state index contributed by atoms with van der Waals surface area (Å²) in [6.45, 7) is 7.47. The Balaban J connectivity index is 4.40. The quantitative estimate of drug-likeness (QED) is 0.651. The lowest BCUT2D eigenvalue weighted by Gasteiger charge is -2.28. The van der Waals surface area contributed by atoms with Crippen LogP contribution in [0.3, 0.4) is 0 Å². The van der Waals surface area contributed by atoms with Gasteiger partial charge >= 0.3 is 5.97 Å². The first kappa shape index (κ1) is 11.4. The molecular weight excluding hydrogens is 156 g/mol. The van der Waals surface area contributed by atoms with Crippen LogP contribution in [0.5, 0.6) is 0 Å². The lowest BCUT2D eigenvalue weighted by Crippen LogP contribution is -2.38. The standard InChI is InChI=1S/C9H18O3/c1-5-12-8(11)9(4,6-10)7(2)3/h7,10H,5-6H2,1-4H3/t9-/m1/s1. The van der Waals surface area contributed by atoms with Crippen LogP contribution in [0.2, 0.25) is 0 Å². The van der Waals surface area contributed by atoms with E-state index in [9.17, 15) is 4.79 Å². The van der Waals surface area contributed by atoms with Crippen molar-refractivity contribution < 1.29 is 14.6 Å². The summed E-state index contributed by atoms with van der Waals surface area (Å²) in [5, 5.41) is 9.05. The third kappa shape index (κ3) is 2.21. The molecule has 0 spiro atoms. The average molecular weight is 174 g/mol. The first-order valence-electron chi connectivity index (χ1n) is 4.27. The highest BCUT2D eigenvalue weighted by atomic mass is 16.5. The van der Waals surface area contributed by atoms with E-state index in [-0.39, 0.29) is 18.5 Å². The van der Waals surface area contributed by atoms with Crippen LogP contribution < -0.4 is 0 Å². The highest BCUT2D eigenvalue weighted by Gasteiger charge is 2.37. The molecule has 0 aromatic rings. The fourth-order valence-electron chi connectivity index (χ4n) is 0.779. The molecule has 0 bridgehead atoms. The van der Waals surface area contributed by atoms with Crippen molar-refractivity contribution in [1.29, 1.82) is 0 Å². The number of rotatable bonds is 4. The van der Waals surface area contributed by atoms with Crippen LogP contribution in [0.4, 0.5) is 0 Å². The van der Waals surface area contributed by atoms with Crippen molar-refractivity contribution in [3.05, 3.63) is 0 Å². The Bertz CT molecular complexity index is 154. The van der Waals surface area contributed by atoms with E-state index in [0.717, 1.165) is 0 Å². The van der Waals surface area contributed by atoms with Gasteiger partial charge in [-0.3, -0.25) is 4.79 Å². The number of hydrogen-bond acceptors (Lipinski definition) is 3. The summed E-state index contributed by atoms with van der Waals surface area (Å²) in [6.07, 6.45) is 0. The minimum Gasteiger partial charge on any atom is -0.465 e. The SMILES string of the molecule is CCOC(=O)[C@](C)(CO)C(C)C. The lowest BCUT2D eigenvalue weighted by atomic mass is 9.80. The van der Waals surface area contributed by atoms with Gasteiger partial charge in [-0.05, 0) is 19.8 Å². The fraction of sp³-hybridized carbons (Fsp3) is 0.889. The van der Waals surface area contributed by atoms with E-state index in [4.69, 9.17) is 9.84 Å². The normalized spacial score (nSPS) is 15.8. The Morgan fingerprint density at radius 3 is 2.33 bits per heavy atom. The van der Waals surface area contributed by atoms with Gasteiger partial charge in [-0.15, -0.1) is 0 Å². The molecule has 0 radical (unpaired) electrons. The monoisotopic (exact) mass is 174 g/mol. The molecule has 0 saturated heterocycles. The summed E-state index contributed by atoms with van der Waals surface area (Å²) in [5.41, 5.74) is -0.754. The minimum atomic E-state index is -0.754. The molecule has 0 amide bonds. The molecule has 0 aliphatic rings. The lowest BCUT2D eigenvalue weighted by molar-refractivity contribution is -0.160. The second kappa shape index (κ2) is 4.45. The van der Waals surface area contributed by atoms with Gasteiger partial charge in [0.1, 0.15) is 0 Å². The van der Waals surface area contributed by atoms with Gasteiger partial charge in [-0.25, -0.2) is 0 Å². The van der Waals surface area contributed by atoms with Crippen LogP contribution in [0, 0.1) is 11.3 Å². The zero-order valence-electron chi connectivity index (χ0n) is 8.26. The molecular formula is C9H18O3. The van der Waals surface area contributed by atoms with Crippen LogP contribution in [0.15, 0.2) is 0 Å². The van der Waals surface area contributed by atoms with Crippen molar-refractivity contribution in [3.8, 4) is 0 Å². The molecule has 0 rings (SSSR count). The summed E-state index contributed by atoms with van der Waals surface area (Å²) in [4.78, 5) is 11.4. The highest BCUT2D eigenvalue weighted by molar-refractivity contribution is 5.76. The summed E-state index contributed by atoms with van der Waals surface area (Å²) < 4.78 is 4.86. The van der Waals surface area contributed by atoms with Gasteiger partial charge in [0.2, 0.25) is 0 Å². The third-order valence-electron chi connectivity index (χ3n) is 2.34. The Morgan fingerprint density at radius 1 is 1.58 bits per heavy atom. The zero-order valence-corrected chi connectivity index (χ0v) is 8.26.